The molecule has 3 rings (SSSR count). The van der Waals surface area contributed by atoms with Gasteiger partial charge in [0.05, 0.1) is 6.61 Å². The lowest BCUT2D eigenvalue weighted by atomic mass is 9.98. The van der Waals surface area contributed by atoms with Crippen molar-refractivity contribution in [2.45, 2.75) is 6.92 Å². The molecule has 0 saturated carbocycles. The van der Waals surface area contributed by atoms with Crippen LogP contribution in [0.2, 0.25) is 5.02 Å². The molecule has 130 valence electrons. The summed E-state index contributed by atoms with van der Waals surface area (Å²) in [6.45, 7) is 2.25. The Balaban J connectivity index is 2.18. The zero-order valence-corrected chi connectivity index (χ0v) is 14.8. The van der Waals surface area contributed by atoms with E-state index in [2.05, 4.69) is 11.1 Å². The van der Waals surface area contributed by atoms with Crippen molar-refractivity contribution < 1.29 is 14.8 Å². The average Bonchev–Trinajstić information content (AvgIpc) is 2.63. The van der Waals surface area contributed by atoms with Gasteiger partial charge in [-0.2, -0.15) is 5.26 Å². The fourth-order valence-electron chi connectivity index (χ4n) is 2.69. The molecule has 0 atom stereocenters. The van der Waals surface area contributed by atoms with Crippen LogP contribution in [0.5, 0.6) is 11.5 Å². The highest BCUT2D eigenvalue weighted by atomic mass is 35.5. The van der Waals surface area contributed by atoms with E-state index in [0.29, 0.717) is 28.5 Å². The minimum absolute atomic E-state index is 0.0440. The number of halogens is 1. The molecule has 3 aromatic rings. The number of hydrogen-bond donors (Lipinski definition) is 2. The fourth-order valence-corrected chi connectivity index (χ4v) is 2.82. The summed E-state index contributed by atoms with van der Waals surface area (Å²) in [6, 6.07) is 16.2. The van der Waals surface area contributed by atoms with Crippen molar-refractivity contribution in [3.8, 4) is 40.0 Å². The minimum Gasteiger partial charge on any atom is -0.504 e. The third-order valence-corrected chi connectivity index (χ3v) is 4.19. The Morgan fingerprint density at radius 2 is 1.85 bits per heavy atom. The summed E-state index contributed by atoms with van der Waals surface area (Å²) in [5.74, 6) is 0.664. The summed E-state index contributed by atoms with van der Waals surface area (Å²) >= 11 is 5.95. The first-order valence-corrected chi connectivity index (χ1v) is 8.39. The Morgan fingerprint density at radius 3 is 2.50 bits per heavy atom. The van der Waals surface area contributed by atoms with E-state index in [4.69, 9.17) is 22.1 Å². The molecule has 0 spiro atoms. The monoisotopic (exact) mass is 366 g/mol. The zero-order chi connectivity index (χ0) is 18.7. The second kappa shape index (κ2) is 7.34. The Labute approximate surface area is 156 Å². The van der Waals surface area contributed by atoms with Gasteiger partial charge in [0.25, 0.3) is 5.82 Å². The normalized spacial score (nSPS) is 10.3. The molecule has 0 unspecified atom stereocenters. The van der Waals surface area contributed by atoms with Crippen LogP contribution in [0, 0.1) is 11.3 Å². The first kappa shape index (κ1) is 17.6. The standard InChI is InChI=1S/C20H16ClN3O2/c1-2-26-19-9-13(5-8-18(19)25)15-10-17(24-20(23)16(15)11-22)12-3-6-14(21)7-4-12/h3-10,25H,2H2,1H3,(H2,23,24)/p+1. The number of nitrogen functional groups attached to an aromatic ring is 1. The Kier molecular flexibility index (Phi) is 4.97. The number of aromatic amines is 1. The van der Waals surface area contributed by atoms with Gasteiger partial charge in [-0.3, -0.25) is 5.73 Å². The van der Waals surface area contributed by atoms with E-state index in [1.165, 1.54) is 6.07 Å². The molecule has 0 aliphatic rings. The Bertz CT molecular complexity index is 995. The predicted octanol–water partition coefficient (Wildman–Crippen LogP) is 4.05. The highest BCUT2D eigenvalue weighted by Crippen LogP contribution is 2.35. The molecule has 2 aromatic carbocycles. The number of nitrogens with one attached hydrogen (secondary N) is 1. The molecule has 0 saturated heterocycles. The highest BCUT2D eigenvalue weighted by Gasteiger charge is 2.18. The fraction of sp³-hybridized carbons (Fsp3) is 0.100. The molecular weight excluding hydrogens is 350 g/mol. The lowest BCUT2D eigenvalue weighted by molar-refractivity contribution is -0.346. The number of benzene rings is 2. The number of nitriles is 1. The third-order valence-electron chi connectivity index (χ3n) is 3.93. The van der Waals surface area contributed by atoms with Gasteiger partial charge in [0.15, 0.2) is 11.5 Å². The van der Waals surface area contributed by atoms with E-state index in [-0.39, 0.29) is 11.6 Å². The molecule has 0 radical (unpaired) electrons. The molecule has 0 aliphatic carbocycles. The molecule has 5 nitrogen and oxygen atoms in total. The van der Waals surface area contributed by atoms with Gasteiger partial charge in [-0.05, 0) is 55.0 Å². The number of rotatable bonds is 4. The Morgan fingerprint density at radius 1 is 1.15 bits per heavy atom. The lowest BCUT2D eigenvalue weighted by Gasteiger charge is -2.11. The van der Waals surface area contributed by atoms with Crippen molar-refractivity contribution >= 4 is 17.4 Å². The number of phenolic OH excluding ortho intramolecular Hbond substituents is 1. The second-order valence-corrected chi connectivity index (χ2v) is 6.06. The van der Waals surface area contributed by atoms with E-state index < -0.39 is 0 Å². The first-order chi connectivity index (χ1) is 12.5. The number of aromatic nitrogens is 1. The van der Waals surface area contributed by atoms with Crippen LogP contribution in [-0.4, -0.2) is 11.7 Å². The van der Waals surface area contributed by atoms with E-state index >= 15 is 0 Å². The molecule has 4 N–H and O–H groups in total. The third kappa shape index (κ3) is 3.41. The van der Waals surface area contributed by atoms with Crippen LogP contribution >= 0.6 is 11.6 Å². The molecule has 1 aromatic heterocycles. The van der Waals surface area contributed by atoms with Gasteiger partial charge in [-0.15, -0.1) is 0 Å². The van der Waals surface area contributed by atoms with Gasteiger partial charge in [-0.25, -0.2) is 4.98 Å². The lowest BCUT2D eigenvalue weighted by Crippen LogP contribution is -2.16. The summed E-state index contributed by atoms with van der Waals surface area (Å²) < 4.78 is 5.44. The quantitative estimate of drug-likeness (QED) is 0.728. The van der Waals surface area contributed by atoms with Crippen molar-refractivity contribution in [1.29, 1.82) is 5.26 Å². The summed E-state index contributed by atoms with van der Waals surface area (Å²) in [4.78, 5) is 3.06. The maximum Gasteiger partial charge on any atom is 0.289 e. The van der Waals surface area contributed by atoms with Crippen LogP contribution in [0.3, 0.4) is 0 Å². The summed E-state index contributed by atoms with van der Waals surface area (Å²) in [5.41, 5.74) is 9.41. The van der Waals surface area contributed by atoms with E-state index in [1.807, 2.05) is 25.1 Å². The van der Waals surface area contributed by atoms with Crippen LogP contribution in [0.1, 0.15) is 12.5 Å². The molecule has 0 amide bonds. The van der Waals surface area contributed by atoms with E-state index in [0.717, 1.165) is 16.8 Å². The molecule has 0 aliphatic heterocycles. The van der Waals surface area contributed by atoms with Crippen molar-refractivity contribution in [3.63, 3.8) is 0 Å². The predicted molar refractivity (Wildman–Crippen MR) is 101 cm³/mol. The number of hydrogen-bond acceptors (Lipinski definition) is 4. The smallest absolute Gasteiger partial charge is 0.289 e. The SMILES string of the molecule is CCOc1cc(-c2cc(-c3ccc(Cl)cc3)[nH+]c(N)c2C#N)ccc1O. The zero-order valence-electron chi connectivity index (χ0n) is 14.1. The number of phenols is 1. The number of anilines is 1. The first-order valence-electron chi connectivity index (χ1n) is 8.01. The highest BCUT2D eigenvalue weighted by molar-refractivity contribution is 6.30. The molecular formula is C20H17ClN3O2+. The summed E-state index contributed by atoms with van der Waals surface area (Å²) in [7, 11) is 0. The second-order valence-electron chi connectivity index (χ2n) is 5.62. The van der Waals surface area contributed by atoms with Gasteiger partial charge in [0, 0.05) is 16.1 Å². The van der Waals surface area contributed by atoms with Crippen molar-refractivity contribution in [3.05, 3.63) is 59.1 Å². The molecule has 26 heavy (non-hydrogen) atoms. The van der Waals surface area contributed by atoms with E-state index in [9.17, 15) is 10.4 Å². The van der Waals surface area contributed by atoms with Crippen LogP contribution in [0.25, 0.3) is 22.4 Å². The van der Waals surface area contributed by atoms with Gasteiger partial charge in [0.1, 0.15) is 17.3 Å². The van der Waals surface area contributed by atoms with Crippen molar-refractivity contribution in [2.24, 2.45) is 0 Å². The molecule has 0 bridgehead atoms. The number of aromatic hydroxyl groups is 1. The molecule has 1 heterocycles. The Hall–Kier alpha value is -3.23. The van der Waals surface area contributed by atoms with E-state index in [1.54, 1.807) is 24.3 Å². The maximum atomic E-state index is 9.92. The number of pyridine rings is 1. The number of nitrogens with zero attached hydrogens (tertiary/aromatic N) is 1. The van der Waals surface area contributed by atoms with Gasteiger partial charge in [-0.1, -0.05) is 17.7 Å². The minimum atomic E-state index is 0.0440. The van der Waals surface area contributed by atoms with Crippen LogP contribution in [-0.2, 0) is 0 Å². The van der Waals surface area contributed by atoms with Gasteiger partial charge >= 0.3 is 0 Å². The maximum absolute atomic E-state index is 9.92. The van der Waals surface area contributed by atoms with Crippen molar-refractivity contribution in [1.82, 2.24) is 0 Å². The van der Waals surface area contributed by atoms with Gasteiger partial charge in [0.2, 0.25) is 0 Å². The van der Waals surface area contributed by atoms with Gasteiger partial charge < -0.3 is 9.84 Å². The summed E-state index contributed by atoms with van der Waals surface area (Å²) in [5, 5.41) is 20.1. The molecule has 0 fully saturated rings. The number of nitrogens with two attached hydrogens (primary N) is 1. The van der Waals surface area contributed by atoms with Crippen LogP contribution in [0.15, 0.2) is 48.5 Å². The molecule has 6 heteroatoms. The average molecular weight is 367 g/mol. The number of ether oxygens (including phenoxy) is 1. The topological polar surface area (TPSA) is 93.4 Å². The van der Waals surface area contributed by atoms with Crippen LogP contribution < -0.4 is 15.5 Å². The number of H-pyrrole nitrogens is 1. The largest absolute Gasteiger partial charge is 0.504 e. The van der Waals surface area contributed by atoms with Crippen LogP contribution in [0.4, 0.5) is 5.82 Å². The summed E-state index contributed by atoms with van der Waals surface area (Å²) in [6.07, 6.45) is 0. The van der Waals surface area contributed by atoms with Crippen molar-refractivity contribution in [2.75, 3.05) is 12.3 Å².